The zero-order valence-corrected chi connectivity index (χ0v) is 8.08. The van der Waals surface area contributed by atoms with Crippen molar-refractivity contribution in [1.82, 2.24) is 5.32 Å². The molecule has 1 aromatic rings. The topological polar surface area (TPSA) is 21.3 Å². The van der Waals surface area contributed by atoms with Crippen LogP contribution in [-0.2, 0) is 11.2 Å². The lowest BCUT2D eigenvalue weighted by Crippen LogP contribution is -2.30. The van der Waals surface area contributed by atoms with E-state index in [0.29, 0.717) is 6.04 Å². The summed E-state index contributed by atoms with van der Waals surface area (Å²) in [7, 11) is 3.76. The number of hydrogen-bond acceptors (Lipinski definition) is 2. The smallest absolute Gasteiger partial charge is 0.0979 e. The highest BCUT2D eigenvalue weighted by molar-refractivity contribution is 5.36. The van der Waals surface area contributed by atoms with Crippen LogP contribution in [0, 0.1) is 0 Å². The average molecular weight is 177 g/mol. The molecule has 0 heterocycles. The first-order chi connectivity index (χ1) is 6.36. The van der Waals surface area contributed by atoms with E-state index < -0.39 is 0 Å². The molecule has 0 amide bonds. The highest BCUT2D eigenvalue weighted by atomic mass is 16.5. The fourth-order valence-electron chi connectivity index (χ4n) is 2.10. The summed E-state index contributed by atoms with van der Waals surface area (Å²) in [4.78, 5) is 0. The van der Waals surface area contributed by atoms with Crippen molar-refractivity contribution in [3.8, 4) is 0 Å². The van der Waals surface area contributed by atoms with E-state index in [0.717, 1.165) is 6.42 Å². The number of fused-ring (bicyclic) bond motifs is 1. The van der Waals surface area contributed by atoms with Crippen molar-refractivity contribution >= 4 is 0 Å². The van der Waals surface area contributed by atoms with Gasteiger partial charge in [0.05, 0.1) is 6.10 Å². The Hall–Kier alpha value is -0.860. The Kier molecular flexibility index (Phi) is 2.34. The molecule has 0 aromatic heterocycles. The second kappa shape index (κ2) is 3.48. The van der Waals surface area contributed by atoms with Crippen molar-refractivity contribution in [3.63, 3.8) is 0 Å². The van der Waals surface area contributed by atoms with Crippen molar-refractivity contribution in [2.75, 3.05) is 14.2 Å². The Bertz CT molecular complexity index is 298. The lowest BCUT2D eigenvalue weighted by atomic mass is 10.1. The van der Waals surface area contributed by atoms with Gasteiger partial charge in [0, 0.05) is 13.2 Å². The van der Waals surface area contributed by atoms with E-state index in [1.165, 1.54) is 11.1 Å². The van der Waals surface area contributed by atoms with Gasteiger partial charge in [-0.25, -0.2) is 0 Å². The maximum Gasteiger partial charge on any atom is 0.0979 e. The van der Waals surface area contributed by atoms with Crippen molar-refractivity contribution < 1.29 is 4.74 Å². The minimum atomic E-state index is 0.223. The second-order valence-electron chi connectivity index (χ2n) is 3.45. The predicted octanol–water partition coefficient (Wildman–Crippen LogP) is 1.52. The van der Waals surface area contributed by atoms with Crippen molar-refractivity contribution in [3.05, 3.63) is 35.4 Å². The molecule has 1 aliphatic carbocycles. The Labute approximate surface area is 78.9 Å². The van der Waals surface area contributed by atoms with E-state index in [4.69, 9.17) is 4.74 Å². The van der Waals surface area contributed by atoms with E-state index in [1.54, 1.807) is 7.11 Å². The zero-order valence-electron chi connectivity index (χ0n) is 8.08. The maximum atomic E-state index is 5.48. The van der Waals surface area contributed by atoms with E-state index in [1.807, 2.05) is 7.05 Å². The number of rotatable bonds is 2. The summed E-state index contributed by atoms with van der Waals surface area (Å²) in [5, 5.41) is 3.29. The molecular weight excluding hydrogens is 162 g/mol. The fourth-order valence-corrected chi connectivity index (χ4v) is 2.10. The van der Waals surface area contributed by atoms with Crippen LogP contribution in [0.15, 0.2) is 24.3 Å². The number of ether oxygens (including phenoxy) is 1. The highest BCUT2D eigenvalue weighted by Gasteiger charge is 2.30. The van der Waals surface area contributed by atoms with Gasteiger partial charge in [-0.15, -0.1) is 0 Å². The highest BCUT2D eigenvalue weighted by Crippen LogP contribution is 2.33. The summed E-state index contributed by atoms with van der Waals surface area (Å²) >= 11 is 0. The first-order valence-electron chi connectivity index (χ1n) is 4.64. The summed E-state index contributed by atoms with van der Waals surface area (Å²) in [6, 6.07) is 8.92. The molecule has 0 unspecified atom stereocenters. The van der Waals surface area contributed by atoms with Crippen LogP contribution in [0.5, 0.6) is 0 Å². The monoisotopic (exact) mass is 177 g/mol. The van der Waals surface area contributed by atoms with E-state index >= 15 is 0 Å². The third-order valence-electron chi connectivity index (χ3n) is 2.79. The number of nitrogens with one attached hydrogen (secondary N) is 1. The van der Waals surface area contributed by atoms with Gasteiger partial charge in [0.2, 0.25) is 0 Å². The van der Waals surface area contributed by atoms with Crippen LogP contribution in [0.1, 0.15) is 17.2 Å². The molecule has 0 aliphatic heterocycles. The molecule has 0 spiro atoms. The average Bonchev–Trinajstić information content (AvgIpc) is 2.55. The summed E-state index contributed by atoms with van der Waals surface area (Å²) in [6.07, 6.45) is 1.30. The molecule has 13 heavy (non-hydrogen) atoms. The van der Waals surface area contributed by atoms with Crippen LogP contribution in [0.3, 0.4) is 0 Å². The van der Waals surface area contributed by atoms with Crippen LogP contribution in [-0.4, -0.2) is 20.2 Å². The Morgan fingerprint density at radius 2 is 2.15 bits per heavy atom. The zero-order chi connectivity index (χ0) is 9.26. The minimum absolute atomic E-state index is 0.223. The number of hydrogen-bond donors (Lipinski definition) is 1. The molecule has 70 valence electrons. The summed E-state index contributed by atoms with van der Waals surface area (Å²) in [6.45, 7) is 0. The molecule has 2 atom stereocenters. The van der Waals surface area contributed by atoms with Gasteiger partial charge >= 0.3 is 0 Å². The van der Waals surface area contributed by atoms with Gasteiger partial charge in [0.15, 0.2) is 0 Å². The molecule has 1 aliphatic rings. The standard InChI is InChI=1S/C11H15NO/c1-12-10-7-8-5-3-4-6-9(8)11(10)13-2/h3-6,10-12H,7H2,1-2H3/t10-,11+/m0/s1. The quantitative estimate of drug-likeness (QED) is 0.739. The Morgan fingerprint density at radius 1 is 1.38 bits per heavy atom. The van der Waals surface area contributed by atoms with Crippen molar-refractivity contribution in [2.45, 2.75) is 18.6 Å². The molecule has 0 saturated carbocycles. The van der Waals surface area contributed by atoms with Crippen LogP contribution in [0.4, 0.5) is 0 Å². The van der Waals surface area contributed by atoms with Gasteiger partial charge in [0.25, 0.3) is 0 Å². The van der Waals surface area contributed by atoms with Crippen LogP contribution < -0.4 is 5.32 Å². The first-order valence-corrected chi connectivity index (χ1v) is 4.64. The maximum absolute atomic E-state index is 5.48. The number of likely N-dealkylation sites (N-methyl/N-ethyl adjacent to an activating group) is 1. The Balaban J connectivity index is 2.34. The van der Waals surface area contributed by atoms with Gasteiger partial charge in [0.1, 0.15) is 0 Å². The number of benzene rings is 1. The minimum Gasteiger partial charge on any atom is -0.375 e. The normalized spacial score (nSPS) is 26.0. The molecular formula is C11H15NO. The van der Waals surface area contributed by atoms with Gasteiger partial charge in [-0.05, 0) is 24.6 Å². The Morgan fingerprint density at radius 3 is 2.85 bits per heavy atom. The summed E-state index contributed by atoms with van der Waals surface area (Å²) in [5.41, 5.74) is 2.75. The van der Waals surface area contributed by atoms with E-state index in [-0.39, 0.29) is 6.10 Å². The molecule has 1 aromatic carbocycles. The predicted molar refractivity (Wildman–Crippen MR) is 52.7 cm³/mol. The van der Waals surface area contributed by atoms with E-state index in [2.05, 4.69) is 29.6 Å². The third-order valence-corrected chi connectivity index (χ3v) is 2.79. The molecule has 0 saturated heterocycles. The van der Waals surface area contributed by atoms with Crippen molar-refractivity contribution in [1.29, 1.82) is 0 Å². The molecule has 2 nitrogen and oxygen atoms in total. The molecule has 0 bridgehead atoms. The second-order valence-corrected chi connectivity index (χ2v) is 3.45. The van der Waals surface area contributed by atoms with Gasteiger partial charge < -0.3 is 10.1 Å². The van der Waals surface area contributed by atoms with Crippen LogP contribution >= 0.6 is 0 Å². The number of methoxy groups -OCH3 is 1. The van der Waals surface area contributed by atoms with Crippen LogP contribution in [0.25, 0.3) is 0 Å². The lowest BCUT2D eigenvalue weighted by Gasteiger charge is -2.17. The summed E-state index contributed by atoms with van der Waals surface area (Å²) < 4.78 is 5.48. The molecule has 1 N–H and O–H groups in total. The molecule has 2 heteroatoms. The summed E-state index contributed by atoms with van der Waals surface area (Å²) in [5.74, 6) is 0. The van der Waals surface area contributed by atoms with Gasteiger partial charge in [-0.1, -0.05) is 24.3 Å². The first kappa shape index (κ1) is 8.73. The SMILES string of the molecule is CN[C@H]1Cc2ccccc2[C@H]1OC. The fraction of sp³-hybridized carbons (Fsp3) is 0.455. The lowest BCUT2D eigenvalue weighted by molar-refractivity contribution is 0.0809. The third kappa shape index (κ3) is 1.36. The van der Waals surface area contributed by atoms with Crippen LogP contribution in [0.2, 0.25) is 0 Å². The largest absolute Gasteiger partial charge is 0.375 e. The van der Waals surface area contributed by atoms with Gasteiger partial charge in [-0.3, -0.25) is 0 Å². The molecule has 2 rings (SSSR count). The van der Waals surface area contributed by atoms with E-state index in [9.17, 15) is 0 Å². The van der Waals surface area contributed by atoms with Gasteiger partial charge in [-0.2, -0.15) is 0 Å². The molecule has 0 radical (unpaired) electrons. The van der Waals surface area contributed by atoms with Crippen molar-refractivity contribution in [2.24, 2.45) is 0 Å². The molecule has 0 fully saturated rings.